The van der Waals surface area contributed by atoms with Gasteiger partial charge in [-0.25, -0.2) is 0 Å². The van der Waals surface area contributed by atoms with Crippen molar-refractivity contribution in [2.75, 3.05) is 13.2 Å². The van der Waals surface area contributed by atoms with E-state index in [0.717, 1.165) is 36.0 Å². The number of benzene rings is 1. The van der Waals surface area contributed by atoms with E-state index in [1.54, 1.807) is 11.1 Å². The zero-order chi connectivity index (χ0) is 19.3. The summed E-state index contributed by atoms with van der Waals surface area (Å²) in [5.41, 5.74) is 3.73. The molecule has 0 amide bonds. The molecule has 0 spiro atoms. The average Bonchev–Trinajstić information content (AvgIpc) is 2.78. The minimum absolute atomic E-state index is 0.445. The molecule has 4 fully saturated rings. The lowest BCUT2D eigenvalue weighted by atomic mass is 9.53. The highest BCUT2D eigenvalue weighted by atomic mass is 16.5. The fourth-order valence-electron chi connectivity index (χ4n) is 8.48. The summed E-state index contributed by atoms with van der Waals surface area (Å²) in [6.07, 6.45) is 18.4. The van der Waals surface area contributed by atoms with E-state index >= 15 is 0 Å². The van der Waals surface area contributed by atoms with Crippen molar-refractivity contribution in [3.05, 3.63) is 29.3 Å². The molecule has 2 nitrogen and oxygen atoms in total. The third kappa shape index (κ3) is 3.16. The Kier molecular flexibility index (Phi) is 4.90. The molecule has 1 heterocycles. The van der Waals surface area contributed by atoms with Gasteiger partial charge in [-0.2, -0.15) is 0 Å². The second-order valence-electron chi connectivity index (χ2n) is 11.1. The normalized spacial score (nSPS) is 41.0. The Hall–Kier alpha value is -1.02. The molecule has 1 aromatic rings. The summed E-state index contributed by atoms with van der Waals surface area (Å²) in [6.45, 7) is 2.16. The SMILES string of the molecule is c1cc2c(cc1OCC1CCCC3CCCCC31)[C@@]13CCCC[C@H]1[C@@H](C2)NCC3. The third-order valence-electron chi connectivity index (χ3n) is 9.81. The van der Waals surface area contributed by atoms with Crippen LogP contribution in [-0.2, 0) is 11.8 Å². The molecule has 6 rings (SSSR count). The summed E-state index contributed by atoms with van der Waals surface area (Å²) in [7, 11) is 0. The van der Waals surface area contributed by atoms with Gasteiger partial charge in [-0.1, -0.05) is 51.0 Å². The zero-order valence-electron chi connectivity index (χ0n) is 18.1. The summed E-state index contributed by atoms with van der Waals surface area (Å²) in [5, 5.41) is 3.86. The Labute approximate surface area is 177 Å². The van der Waals surface area contributed by atoms with Crippen LogP contribution in [0.5, 0.6) is 5.75 Å². The van der Waals surface area contributed by atoms with Crippen LogP contribution in [0.2, 0.25) is 0 Å². The Balaban J connectivity index is 1.23. The molecule has 1 aliphatic heterocycles. The van der Waals surface area contributed by atoms with Gasteiger partial charge >= 0.3 is 0 Å². The van der Waals surface area contributed by atoms with E-state index in [4.69, 9.17) is 4.74 Å². The molecule has 1 saturated heterocycles. The second-order valence-corrected chi connectivity index (χ2v) is 11.1. The minimum Gasteiger partial charge on any atom is -0.493 e. The van der Waals surface area contributed by atoms with Crippen molar-refractivity contribution in [3.8, 4) is 5.75 Å². The van der Waals surface area contributed by atoms with Gasteiger partial charge in [0.05, 0.1) is 6.61 Å². The number of hydrogen-bond donors (Lipinski definition) is 1. The maximum Gasteiger partial charge on any atom is 0.119 e. The fourth-order valence-corrected chi connectivity index (χ4v) is 8.48. The topological polar surface area (TPSA) is 21.3 Å². The van der Waals surface area contributed by atoms with E-state index in [-0.39, 0.29) is 0 Å². The van der Waals surface area contributed by atoms with Gasteiger partial charge < -0.3 is 10.1 Å². The van der Waals surface area contributed by atoms with Crippen LogP contribution in [0.1, 0.15) is 88.2 Å². The van der Waals surface area contributed by atoms with Crippen molar-refractivity contribution in [1.29, 1.82) is 0 Å². The van der Waals surface area contributed by atoms with Crippen molar-refractivity contribution in [3.63, 3.8) is 0 Å². The maximum absolute atomic E-state index is 6.56. The number of piperidine rings is 1. The average molecular weight is 394 g/mol. The number of ether oxygens (including phenoxy) is 1. The van der Waals surface area contributed by atoms with Gasteiger partial charge in [0.2, 0.25) is 0 Å². The smallest absolute Gasteiger partial charge is 0.119 e. The first-order valence-corrected chi connectivity index (χ1v) is 12.8. The van der Waals surface area contributed by atoms with Gasteiger partial charge in [-0.15, -0.1) is 0 Å². The maximum atomic E-state index is 6.56. The third-order valence-corrected chi connectivity index (χ3v) is 9.81. The van der Waals surface area contributed by atoms with Gasteiger partial charge in [0.1, 0.15) is 5.75 Å². The van der Waals surface area contributed by atoms with E-state index in [1.807, 2.05) is 0 Å². The van der Waals surface area contributed by atoms with Gasteiger partial charge in [0.15, 0.2) is 0 Å². The number of nitrogens with one attached hydrogen (secondary N) is 1. The molecule has 3 unspecified atom stereocenters. The van der Waals surface area contributed by atoms with Crippen molar-refractivity contribution in [1.82, 2.24) is 5.32 Å². The number of rotatable bonds is 3. The molecule has 2 bridgehead atoms. The van der Waals surface area contributed by atoms with Crippen LogP contribution in [0, 0.1) is 23.7 Å². The monoisotopic (exact) mass is 393 g/mol. The quantitative estimate of drug-likeness (QED) is 0.678. The minimum atomic E-state index is 0.445. The summed E-state index contributed by atoms with van der Waals surface area (Å²) in [5.74, 6) is 4.77. The summed E-state index contributed by atoms with van der Waals surface area (Å²) in [6, 6.07) is 7.92. The molecule has 158 valence electrons. The Morgan fingerprint density at radius 2 is 1.83 bits per heavy atom. The summed E-state index contributed by atoms with van der Waals surface area (Å²) in [4.78, 5) is 0. The molecular weight excluding hydrogens is 354 g/mol. The lowest BCUT2D eigenvalue weighted by molar-refractivity contribution is 0.0667. The fraction of sp³-hybridized carbons (Fsp3) is 0.778. The summed E-state index contributed by atoms with van der Waals surface area (Å²) < 4.78 is 6.56. The van der Waals surface area contributed by atoms with Crippen LogP contribution >= 0.6 is 0 Å². The lowest BCUT2D eigenvalue weighted by Gasteiger charge is -2.56. The van der Waals surface area contributed by atoms with Crippen LogP contribution in [0.15, 0.2) is 18.2 Å². The van der Waals surface area contributed by atoms with Crippen molar-refractivity contribution >= 4 is 0 Å². The Bertz CT molecular complexity index is 738. The lowest BCUT2D eigenvalue weighted by Crippen LogP contribution is -2.59. The van der Waals surface area contributed by atoms with Gasteiger partial charge in [0.25, 0.3) is 0 Å². The molecule has 1 aromatic carbocycles. The predicted molar refractivity (Wildman–Crippen MR) is 118 cm³/mol. The molecular formula is C27H39NO. The van der Waals surface area contributed by atoms with Crippen LogP contribution < -0.4 is 10.1 Å². The van der Waals surface area contributed by atoms with E-state index < -0.39 is 0 Å². The first kappa shape index (κ1) is 18.7. The molecule has 3 saturated carbocycles. The van der Waals surface area contributed by atoms with Crippen LogP contribution in [0.25, 0.3) is 0 Å². The molecule has 0 aromatic heterocycles. The first-order chi connectivity index (χ1) is 14.3. The van der Waals surface area contributed by atoms with Crippen molar-refractivity contribution in [2.24, 2.45) is 23.7 Å². The van der Waals surface area contributed by atoms with Gasteiger partial charge in [-0.05, 0) is 92.0 Å². The Morgan fingerprint density at radius 1 is 0.931 bits per heavy atom. The molecule has 2 heteroatoms. The molecule has 29 heavy (non-hydrogen) atoms. The second kappa shape index (κ2) is 7.59. The standard InChI is InChI=1S/C27H39NO/c1-2-9-23-19(6-1)7-5-8-21(23)18-29-22-12-11-20-16-26-24-10-3-4-13-27(24,14-15-28-26)25(20)17-22/h11-12,17,19,21,23-24,26,28H,1-10,13-16,18H2/t19?,21?,23?,24-,26+,27+/m0/s1. The van der Waals surface area contributed by atoms with Crippen LogP contribution in [0.4, 0.5) is 0 Å². The largest absolute Gasteiger partial charge is 0.493 e. The highest BCUT2D eigenvalue weighted by Crippen LogP contribution is 2.54. The van der Waals surface area contributed by atoms with Crippen LogP contribution in [0.3, 0.4) is 0 Å². The van der Waals surface area contributed by atoms with E-state index in [2.05, 4.69) is 23.5 Å². The van der Waals surface area contributed by atoms with Crippen molar-refractivity contribution < 1.29 is 4.74 Å². The molecule has 6 atom stereocenters. The van der Waals surface area contributed by atoms with Crippen LogP contribution in [-0.4, -0.2) is 19.2 Å². The molecule has 4 aliphatic carbocycles. The zero-order valence-corrected chi connectivity index (χ0v) is 18.1. The van der Waals surface area contributed by atoms with E-state index in [1.165, 1.54) is 90.0 Å². The van der Waals surface area contributed by atoms with E-state index in [9.17, 15) is 0 Å². The number of fused-ring (bicyclic) bond motifs is 2. The predicted octanol–water partition coefficient (Wildman–Crippen LogP) is 6.02. The Morgan fingerprint density at radius 3 is 2.83 bits per heavy atom. The van der Waals surface area contributed by atoms with Gasteiger partial charge in [0, 0.05) is 11.5 Å². The van der Waals surface area contributed by atoms with Crippen molar-refractivity contribution in [2.45, 2.75) is 94.9 Å². The molecule has 1 N–H and O–H groups in total. The highest BCUT2D eigenvalue weighted by molar-refractivity contribution is 5.45. The molecule has 5 aliphatic rings. The first-order valence-electron chi connectivity index (χ1n) is 12.8. The number of hydrogen-bond acceptors (Lipinski definition) is 2. The summed E-state index contributed by atoms with van der Waals surface area (Å²) >= 11 is 0. The van der Waals surface area contributed by atoms with Gasteiger partial charge in [-0.3, -0.25) is 0 Å². The highest BCUT2D eigenvalue weighted by Gasteiger charge is 2.51. The molecule has 0 radical (unpaired) electrons. The van der Waals surface area contributed by atoms with E-state index in [0.29, 0.717) is 11.5 Å².